The van der Waals surface area contributed by atoms with Gasteiger partial charge in [-0.2, -0.15) is 0 Å². The second-order valence-corrected chi connectivity index (χ2v) is 5.08. The first-order valence-corrected chi connectivity index (χ1v) is 6.25. The average Bonchev–Trinajstić information content (AvgIpc) is 2.70. The highest BCUT2D eigenvalue weighted by Crippen LogP contribution is 2.29. The van der Waals surface area contributed by atoms with Crippen LogP contribution in [0.5, 0.6) is 0 Å². The molecule has 0 spiro atoms. The van der Waals surface area contributed by atoms with Crippen LogP contribution < -0.4 is 10.2 Å². The lowest BCUT2D eigenvalue weighted by molar-refractivity contribution is 0.617. The first-order chi connectivity index (χ1) is 7.20. The number of hydrogen-bond donors (Lipinski definition) is 1. The Morgan fingerprint density at radius 1 is 1.53 bits per heavy atom. The molecule has 1 unspecified atom stereocenters. The summed E-state index contributed by atoms with van der Waals surface area (Å²) < 4.78 is 0.956. The molecular weight excluding hydrogens is 275 g/mol. The number of nitrogens with one attached hydrogen (secondary N) is 1. The van der Waals surface area contributed by atoms with Gasteiger partial charge in [-0.25, -0.2) is 0 Å². The van der Waals surface area contributed by atoms with Crippen LogP contribution in [0, 0.1) is 0 Å². The molecule has 4 heteroatoms. The smallest absolute Gasteiger partial charge is 0.0568 e. The zero-order chi connectivity index (χ0) is 10.8. The fraction of sp³-hybridized carbons (Fsp3) is 0.455. The quantitative estimate of drug-likeness (QED) is 0.900. The summed E-state index contributed by atoms with van der Waals surface area (Å²) in [5.41, 5.74) is 1.21. The minimum atomic E-state index is 0.604. The zero-order valence-electron chi connectivity index (χ0n) is 8.63. The monoisotopic (exact) mass is 288 g/mol. The Morgan fingerprint density at radius 2 is 2.33 bits per heavy atom. The second kappa shape index (κ2) is 4.73. The molecule has 1 heterocycles. The van der Waals surface area contributed by atoms with Crippen molar-refractivity contribution in [3.63, 3.8) is 0 Å². The first-order valence-electron chi connectivity index (χ1n) is 5.08. The molecule has 0 radical (unpaired) electrons. The van der Waals surface area contributed by atoms with Gasteiger partial charge in [0.15, 0.2) is 0 Å². The van der Waals surface area contributed by atoms with Crippen molar-refractivity contribution in [3.8, 4) is 0 Å². The van der Waals surface area contributed by atoms with Gasteiger partial charge in [-0.15, -0.1) is 0 Å². The van der Waals surface area contributed by atoms with E-state index in [4.69, 9.17) is 11.6 Å². The van der Waals surface area contributed by atoms with Crippen molar-refractivity contribution in [2.45, 2.75) is 12.5 Å². The van der Waals surface area contributed by atoms with Gasteiger partial charge in [-0.1, -0.05) is 11.6 Å². The first kappa shape index (κ1) is 11.2. The minimum absolute atomic E-state index is 0.604. The largest absolute Gasteiger partial charge is 0.370 e. The topological polar surface area (TPSA) is 15.3 Å². The number of halogens is 2. The van der Waals surface area contributed by atoms with Gasteiger partial charge in [0.05, 0.1) is 5.02 Å². The third kappa shape index (κ3) is 2.47. The van der Waals surface area contributed by atoms with E-state index in [1.54, 1.807) is 0 Å². The number of anilines is 1. The molecule has 1 aromatic rings. The van der Waals surface area contributed by atoms with Crippen LogP contribution in [0.25, 0.3) is 0 Å². The van der Waals surface area contributed by atoms with Crippen LogP contribution in [0.2, 0.25) is 5.02 Å². The van der Waals surface area contributed by atoms with Gasteiger partial charge in [0.2, 0.25) is 0 Å². The maximum atomic E-state index is 6.07. The molecule has 0 aliphatic carbocycles. The summed E-state index contributed by atoms with van der Waals surface area (Å²) >= 11 is 9.47. The highest BCUT2D eigenvalue weighted by Gasteiger charge is 2.21. The highest BCUT2D eigenvalue weighted by atomic mass is 79.9. The van der Waals surface area contributed by atoms with E-state index in [2.05, 4.69) is 32.2 Å². The van der Waals surface area contributed by atoms with Crippen molar-refractivity contribution < 1.29 is 0 Å². The summed E-state index contributed by atoms with van der Waals surface area (Å²) in [5.74, 6) is 0. The van der Waals surface area contributed by atoms with Crippen LogP contribution in [-0.2, 0) is 0 Å². The fourth-order valence-electron chi connectivity index (χ4n) is 1.91. The molecule has 1 atom stereocenters. The number of hydrogen-bond acceptors (Lipinski definition) is 2. The van der Waals surface area contributed by atoms with E-state index in [9.17, 15) is 0 Å². The molecule has 0 bridgehead atoms. The van der Waals surface area contributed by atoms with Crippen molar-refractivity contribution >= 4 is 33.2 Å². The van der Waals surface area contributed by atoms with E-state index >= 15 is 0 Å². The van der Waals surface area contributed by atoms with Crippen molar-refractivity contribution in [1.29, 1.82) is 0 Å². The number of nitrogens with zero attached hydrogens (tertiary/aromatic N) is 1. The van der Waals surface area contributed by atoms with Crippen LogP contribution in [0.4, 0.5) is 5.69 Å². The van der Waals surface area contributed by atoms with Gasteiger partial charge in [0.25, 0.3) is 0 Å². The normalized spacial score (nSPS) is 21.0. The Hall–Kier alpha value is -0.250. The Kier molecular flexibility index (Phi) is 3.54. The summed E-state index contributed by atoms with van der Waals surface area (Å²) in [6.45, 7) is 2.16. The van der Waals surface area contributed by atoms with Crippen LogP contribution in [0.1, 0.15) is 6.42 Å². The Morgan fingerprint density at radius 3 is 2.93 bits per heavy atom. The van der Waals surface area contributed by atoms with Gasteiger partial charge < -0.3 is 10.2 Å². The third-order valence-corrected chi connectivity index (χ3v) is 4.10. The van der Waals surface area contributed by atoms with Crippen molar-refractivity contribution in [2.75, 3.05) is 25.0 Å². The summed E-state index contributed by atoms with van der Waals surface area (Å²) in [6.07, 6.45) is 1.20. The van der Waals surface area contributed by atoms with Gasteiger partial charge >= 0.3 is 0 Å². The SMILES string of the molecule is CNC1CCN(c2ccc(Br)c(Cl)c2)C1. The Balaban J connectivity index is 2.13. The van der Waals surface area contributed by atoms with Crippen LogP contribution in [0.15, 0.2) is 22.7 Å². The summed E-state index contributed by atoms with van der Waals surface area (Å²) in [4.78, 5) is 2.36. The molecule has 1 saturated heterocycles. The predicted molar refractivity (Wildman–Crippen MR) is 68.8 cm³/mol. The molecule has 0 amide bonds. The van der Waals surface area contributed by atoms with Crippen LogP contribution in [0.3, 0.4) is 0 Å². The van der Waals surface area contributed by atoms with E-state index in [1.165, 1.54) is 12.1 Å². The van der Waals surface area contributed by atoms with E-state index < -0.39 is 0 Å². The molecule has 1 aliphatic heterocycles. The molecular formula is C11H14BrClN2. The highest BCUT2D eigenvalue weighted by molar-refractivity contribution is 9.10. The summed E-state index contributed by atoms with van der Waals surface area (Å²) in [6, 6.07) is 6.73. The molecule has 1 N–H and O–H groups in total. The van der Waals surface area contributed by atoms with Crippen molar-refractivity contribution in [1.82, 2.24) is 5.32 Å². The molecule has 1 fully saturated rings. The maximum Gasteiger partial charge on any atom is 0.0568 e. The summed E-state index contributed by atoms with van der Waals surface area (Å²) in [7, 11) is 2.02. The molecule has 2 nitrogen and oxygen atoms in total. The van der Waals surface area contributed by atoms with Crippen molar-refractivity contribution in [3.05, 3.63) is 27.7 Å². The Bertz CT molecular complexity index is 356. The van der Waals surface area contributed by atoms with Crippen LogP contribution in [-0.4, -0.2) is 26.2 Å². The fourth-order valence-corrected chi connectivity index (χ4v) is 2.33. The average molecular weight is 290 g/mol. The van der Waals surface area contributed by atoms with Gasteiger partial charge in [0.1, 0.15) is 0 Å². The molecule has 1 aromatic carbocycles. The predicted octanol–water partition coefficient (Wildman–Crippen LogP) is 2.90. The number of likely N-dealkylation sites (N-methyl/N-ethyl adjacent to an activating group) is 1. The van der Waals surface area contributed by atoms with Gasteiger partial charge in [-0.05, 0) is 47.6 Å². The number of benzene rings is 1. The molecule has 82 valence electrons. The Labute approximate surface area is 104 Å². The molecule has 1 aliphatic rings. The summed E-state index contributed by atoms with van der Waals surface area (Å²) in [5, 5.41) is 4.08. The lowest BCUT2D eigenvalue weighted by atomic mass is 10.3. The van der Waals surface area contributed by atoms with E-state index in [0.29, 0.717) is 6.04 Å². The zero-order valence-corrected chi connectivity index (χ0v) is 11.0. The second-order valence-electron chi connectivity index (χ2n) is 3.82. The van der Waals surface area contributed by atoms with Crippen molar-refractivity contribution in [2.24, 2.45) is 0 Å². The van der Waals surface area contributed by atoms with Gasteiger partial charge in [0, 0.05) is 29.3 Å². The molecule has 0 aromatic heterocycles. The lowest BCUT2D eigenvalue weighted by Gasteiger charge is -2.19. The van der Waals surface area contributed by atoms with E-state index in [1.807, 2.05) is 19.2 Å². The van der Waals surface area contributed by atoms with E-state index in [0.717, 1.165) is 22.6 Å². The lowest BCUT2D eigenvalue weighted by Crippen LogP contribution is -2.29. The minimum Gasteiger partial charge on any atom is -0.370 e. The number of rotatable bonds is 2. The van der Waals surface area contributed by atoms with Gasteiger partial charge in [-0.3, -0.25) is 0 Å². The molecule has 0 saturated carbocycles. The third-order valence-electron chi connectivity index (χ3n) is 2.86. The molecule has 2 rings (SSSR count). The standard InChI is InChI=1S/C11H14BrClN2/c1-14-8-4-5-15(7-8)9-2-3-10(12)11(13)6-9/h2-3,6,8,14H,4-5,7H2,1H3. The van der Waals surface area contributed by atoms with E-state index in [-0.39, 0.29) is 0 Å². The maximum absolute atomic E-state index is 6.07. The molecule has 15 heavy (non-hydrogen) atoms. The van der Waals surface area contributed by atoms with Crippen LogP contribution >= 0.6 is 27.5 Å².